The van der Waals surface area contributed by atoms with Crippen LogP contribution in [-0.4, -0.2) is 30.3 Å². The summed E-state index contributed by atoms with van der Waals surface area (Å²) in [5, 5.41) is 9.13. The molecule has 1 aromatic rings. The fourth-order valence-corrected chi connectivity index (χ4v) is 2.38. The summed E-state index contributed by atoms with van der Waals surface area (Å²) < 4.78 is 36.4. The van der Waals surface area contributed by atoms with Gasteiger partial charge in [-0.15, -0.1) is 0 Å². The predicted molar refractivity (Wildman–Crippen MR) is 64.3 cm³/mol. The third-order valence-electron chi connectivity index (χ3n) is 3.24. The molecule has 1 aliphatic rings. The van der Waals surface area contributed by atoms with Crippen molar-refractivity contribution in [2.24, 2.45) is 0 Å². The number of nitrogens with zero attached hydrogens (tertiary/aromatic N) is 1. The van der Waals surface area contributed by atoms with Crippen molar-refractivity contribution in [3.8, 4) is 0 Å². The third-order valence-corrected chi connectivity index (χ3v) is 3.24. The first-order chi connectivity index (χ1) is 8.88. The topological polar surface area (TPSA) is 40.5 Å². The van der Waals surface area contributed by atoms with Gasteiger partial charge in [0.25, 0.3) is 0 Å². The van der Waals surface area contributed by atoms with Gasteiger partial charge in [0, 0.05) is 25.2 Å². The minimum absolute atomic E-state index is 0.0236. The van der Waals surface area contributed by atoms with Crippen molar-refractivity contribution in [2.75, 3.05) is 18.0 Å². The first-order valence-electron chi connectivity index (χ1n) is 6.02. The van der Waals surface area contributed by atoms with Gasteiger partial charge in [-0.05, 0) is 18.1 Å². The lowest BCUT2D eigenvalue weighted by Gasteiger charge is -2.19. The zero-order chi connectivity index (χ0) is 14.0. The average Bonchev–Trinajstić information content (AvgIpc) is 2.67. The van der Waals surface area contributed by atoms with Gasteiger partial charge >= 0.3 is 12.1 Å². The lowest BCUT2D eigenvalue weighted by atomic mass is 10.0. The Kier molecular flexibility index (Phi) is 3.68. The molecule has 104 valence electrons. The Morgan fingerprint density at radius 2 is 2.05 bits per heavy atom. The van der Waals surface area contributed by atoms with E-state index in [1.165, 1.54) is 0 Å². The molecule has 1 aliphatic heterocycles. The number of carboxylic acids is 1. The third kappa shape index (κ3) is 3.19. The lowest BCUT2D eigenvalue weighted by molar-refractivity contribution is -0.138. The molecule has 0 radical (unpaired) electrons. The molecule has 0 aliphatic carbocycles. The van der Waals surface area contributed by atoms with Crippen molar-refractivity contribution in [1.29, 1.82) is 0 Å². The maximum atomic E-state index is 12.1. The second-order valence-corrected chi connectivity index (χ2v) is 4.61. The van der Waals surface area contributed by atoms with Gasteiger partial charge in [0.15, 0.2) is 0 Å². The first-order valence-corrected chi connectivity index (χ1v) is 6.02. The Hall–Kier alpha value is -1.72. The zero-order valence-corrected chi connectivity index (χ0v) is 10.2. The van der Waals surface area contributed by atoms with E-state index in [-0.39, 0.29) is 19.5 Å². The summed E-state index contributed by atoms with van der Waals surface area (Å²) in [5.41, 5.74) is 1.42. The van der Waals surface area contributed by atoms with Crippen LogP contribution in [0.15, 0.2) is 24.3 Å². The summed E-state index contributed by atoms with van der Waals surface area (Å²) >= 11 is 0. The van der Waals surface area contributed by atoms with Crippen molar-refractivity contribution in [2.45, 2.75) is 24.9 Å². The standard InChI is InChI=1S/C13H14F3NO2/c14-13(15,16)6-3-7-17-8-10(12(18)19)9-4-1-2-5-11(9)17/h1-2,4-5,10H,3,6-8H2,(H,18,19). The van der Waals surface area contributed by atoms with Gasteiger partial charge in [0.1, 0.15) is 5.92 Å². The zero-order valence-electron chi connectivity index (χ0n) is 10.2. The van der Waals surface area contributed by atoms with Crippen LogP contribution in [0.4, 0.5) is 18.9 Å². The number of benzene rings is 1. The van der Waals surface area contributed by atoms with Crippen molar-refractivity contribution in [3.05, 3.63) is 29.8 Å². The normalized spacial score (nSPS) is 18.5. The first kappa shape index (κ1) is 13.7. The van der Waals surface area contributed by atoms with Crippen LogP contribution in [0, 0.1) is 0 Å². The van der Waals surface area contributed by atoms with E-state index in [0.717, 1.165) is 5.69 Å². The second kappa shape index (κ2) is 5.11. The minimum Gasteiger partial charge on any atom is -0.481 e. The van der Waals surface area contributed by atoms with E-state index < -0.39 is 24.5 Å². The molecule has 0 amide bonds. The maximum Gasteiger partial charge on any atom is 0.389 e. The summed E-state index contributed by atoms with van der Waals surface area (Å²) in [5.74, 6) is -1.59. The number of alkyl halides is 3. The molecular weight excluding hydrogens is 259 g/mol. The van der Waals surface area contributed by atoms with E-state index in [1.807, 2.05) is 0 Å². The minimum atomic E-state index is -4.16. The molecular formula is C13H14F3NO2. The number of hydrogen-bond donors (Lipinski definition) is 1. The van der Waals surface area contributed by atoms with Crippen molar-refractivity contribution >= 4 is 11.7 Å². The average molecular weight is 273 g/mol. The Morgan fingerprint density at radius 3 is 2.68 bits per heavy atom. The van der Waals surface area contributed by atoms with Crippen LogP contribution >= 0.6 is 0 Å². The highest BCUT2D eigenvalue weighted by Gasteiger charge is 2.34. The van der Waals surface area contributed by atoms with Crippen molar-refractivity contribution in [1.82, 2.24) is 0 Å². The van der Waals surface area contributed by atoms with Crippen LogP contribution in [0.5, 0.6) is 0 Å². The van der Waals surface area contributed by atoms with E-state index in [2.05, 4.69) is 0 Å². The second-order valence-electron chi connectivity index (χ2n) is 4.61. The van der Waals surface area contributed by atoms with Gasteiger partial charge in [0.05, 0.1) is 0 Å². The van der Waals surface area contributed by atoms with Crippen LogP contribution in [0.25, 0.3) is 0 Å². The summed E-state index contributed by atoms with van der Waals surface area (Å²) in [6.45, 7) is 0.465. The molecule has 0 saturated heterocycles. The van der Waals surface area contributed by atoms with E-state index in [0.29, 0.717) is 5.56 Å². The number of anilines is 1. The van der Waals surface area contributed by atoms with Crippen LogP contribution < -0.4 is 4.90 Å². The SMILES string of the molecule is O=C(O)C1CN(CCCC(F)(F)F)c2ccccc21. The summed E-state index contributed by atoms with van der Waals surface area (Å²) in [6, 6.07) is 6.98. The molecule has 0 bridgehead atoms. The fourth-order valence-electron chi connectivity index (χ4n) is 2.38. The van der Waals surface area contributed by atoms with Gasteiger partial charge in [-0.25, -0.2) is 0 Å². The molecule has 0 saturated carbocycles. The molecule has 1 unspecified atom stereocenters. The molecule has 3 nitrogen and oxygen atoms in total. The van der Waals surface area contributed by atoms with Crippen molar-refractivity contribution < 1.29 is 23.1 Å². The van der Waals surface area contributed by atoms with Crippen molar-refractivity contribution in [3.63, 3.8) is 0 Å². The van der Waals surface area contributed by atoms with Gasteiger partial charge in [-0.1, -0.05) is 18.2 Å². The summed E-state index contributed by atoms with van der Waals surface area (Å²) in [7, 11) is 0. The Morgan fingerprint density at radius 1 is 1.37 bits per heavy atom. The van der Waals surface area contributed by atoms with E-state index >= 15 is 0 Å². The number of hydrogen-bond acceptors (Lipinski definition) is 2. The number of aliphatic carboxylic acids is 1. The molecule has 0 spiro atoms. The number of halogens is 3. The molecule has 0 fully saturated rings. The number of para-hydroxylation sites is 1. The summed E-state index contributed by atoms with van der Waals surface area (Å²) in [4.78, 5) is 12.9. The molecule has 2 rings (SSSR count). The highest BCUT2D eigenvalue weighted by atomic mass is 19.4. The molecule has 1 atom stereocenters. The van der Waals surface area contributed by atoms with Crippen LogP contribution in [0.3, 0.4) is 0 Å². The number of fused-ring (bicyclic) bond motifs is 1. The summed E-state index contributed by atoms with van der Waals surface area (Å²) in [6.07, 6.45) is -5.03. The molecule has 1 heterocycles. The Bertz CT molecular complexity index is 473. The van der Waals surface area contributed by atoms with Crippen LogP contribution in [-0.2, 0) is 4.79 Å². The van der Waals surface area contributed by atoms with Gasteiger partial charge in [-0.3, -0.25) is 4.79 Å². The van der Waals surface area contributed by atoms with E-state index in [9.17, 15) is 18.0 Å². The molecule has 1 aromatic carbocycles. The van der Waals surface area contributed by atoms with Crippen LogP contribution in [0.1, 0.15) is 24.3 Å². The Balaban J connectivity index is 2.06. The highest BCUT2D eigenvalue weighted by molar-refractivity contribution is 5.82. The smallest absolute Gasteiger partial charge is 0.389 e. The predicted octanol–water partition coefficient (Wildman–Crippen LogP) is 3.02. The lowest BCUT2D eigenvalue weighted by Crippen LogP contribution is -2.26. The fraction of sp³-hybridized carbons (Fsp3) is 0.462. The highest BCUT2D eigenvalue weighted by Crippen LogP contribution is 2.36. The number of rotatable bonds is 4. The van der Waals surface area contributed by atoms with Gasteiger partial charge in [-0.2, -0.15) is 13.2 Å². The Labute approximate surface area is 108 Å². The molecule has 6 heteroatoms. The molecule has 19 heavy (non-hydrogen) atoms. The monoisotopic (exact) mass is 273 g/mol. The number of carbonyl (C=O) groups is 1. The number of carboxylic acid groups (broad SMARTS) is 1. The molecule has 0 aromatic heterocycles. The molecule has 1 N–H and O–H groups in total. The quantitative estimate of drug-likeness (QED) is 0.916. The van der Waals surface area contributed by atoms with Crippen LogP contribution in [0.2, 0.25) is 0 Å². The van der Waals surface area contributed by atoms with Gasteiger partial charge < -0.3 is 10.0 Å². The van der Waals surface area contributed by atoms with E-state index in [1.54, 1.807) is 29.2 Å². The van der Waals surface area contributed by atoms with E-state index in [4.69, 9.17) is 5.11 Å². The van der Waals surface area contributed by atoms with Gasteiger partial charge in [0.2, 0.25) is 0 Å². The maximum absolute atomic E-state index is 12.1. The largest absolute Gasteiger partial charge is 0.481 e.